The van der Waals surface area contributed by atoms with Crippen LogP contribution in [0.25, 0.3) is 0 Å². The summed E-state index contributed by atoms with van der Waals surface area (Å²) in [5.41, 5.74) is 0.647. The van der Waals surface area contributed by atoms with E-state index in [2.05, 4.69) is 11.6 Å². The zero-order valence-electron chi connectivity index (χ0n) is 12.9. The number of aromatic nitrogens is 1. The molecule has 1 saturated carbocycles. The molecule has 2 rings (SSSR count). The van der Waals surface area contributed by atoms with Crippen molar-refractivity contribution in [2.24, 2.45) is 5.92 Å². The van der Waals surface area contributed by atoms with Gasteiger partial charge in [0.15, 0.2) is 0 Å². The van der Waals surface area contributed by atoms with Crippen molar-refractivity contribution in [1.82, 2.24) is 9.29 Å². The normalized spacial score (nSPS) is 23.4. The number of nitrogens with one attached hydrogen (secondary N) is 1. The highest BCUT2D eigenvalue weighted by molar-refractivity contribution is 7.89. The maximum absolute atomic E-state index is 12.5. The summed E-state index contributed by atoms with van der Waals surface area (Å²) < 4.78 is 29.6. The summed E-state index contributed by atoms with van der Waals surface area (Å²) in [5, 5.41) is 9.34. The van der Waals surface area contributed by atoms with Crippen molar-refractivity contribution < 1.29 is 13.5 Å². The van der Waals surface area contributed by atoms with Gasteiger partial charge in [-0.3, -0.25) is 0 Å². The molecule has 2 N–H and O–H groups in total. The highest BCUT2D eigenvalue weighted by Crippen LogP contribution is 2.25. The standard InChI is InChI=1S/C15H26N2O3S/c1-3-7-17-10-15(9-14(17)11-18)21(19,20)16-13-6-4-5-12(2)8-13/h9-10,12-13,16,18H,3-8,11H2,1-2H3. The Morgan fingerprint density at radius 2 is 2.19 bits per heavy atom. The molecule has 1 aromatic heterocycles. The zero-order valence-corrected chi connectivity index (χ0v) is 13.7. The van der Waals surface area contributed by atoms with Gasteiger partial charge in [-0.05, 0) is 31.2 Å². The Kier molecular flexibility index (Phi) is 5.46. The first-order valence-corrected chi connectivity index (χ1v) is 9.26. The Morgan fingerprint density at radius 3 is 2.81 bits per heavy atom. The van der Waals surface area contributed by atoms with E-state index >= 15 is 0 Å². The monoisotopic (exact) mass is 314 g/mol. The summed E-state index contributed by atoms with van der Waals surface area (Å²) in [7, 11) is -3.50. The second kappa shape index (κ2) is 6.94. The van der Waals surface area contributed by atoms with Crippen LogP contribution < -0.4 is 4.72 Å². The van der Waals surface area contributed by atoms with Crippen LogP contribution in [0.2, 0.25) is 0 Å². The predicted octanol–water partition coefficient (Wildman–Crippen LogP) is 2.25. The summed E-state index contributed by atoms with van der Waals surface area (Å²) in [5.74, 6) is 0.573. The number of aliphatic hydroxyl groups excluding tert-OH is 1. The lowest BCUT2D eigenvalue weighted by Crippen LogP contribution is -2.37. The first kappa shape index (κ1) is 16.5. The largest absolute Gasteiger partial charge is 0.390 e. The molecule has 0 aromatic carbocycles. The summed E-state index contributed by atoms with van der Waals surface area (Å²) in [6, 6.07) is 1.61. The van der Waals surface area contributed by atoms with Gasteiger partial charge in [-0.15, -0.1) is 0 Å². The van der Waals surface area contributed by atoms with Crippen molar-refractivity contribution >= 4 is 10.0 Å². The average Bonchev–Trinajstić information content (AvgIpc) is 2.83. The molecule has 6 heteroatoms. The molecule has 1 aromatic rings. The van der Waals surface area contributed by atoms with Crippen molar-refractivity contribution in [3.63, 3.8) is 0 Å². The van der Waals surface area contributed by atoms with Gasteiger partial charge in [0.1, 0.15) is 0 Å². The molecule has 5 nitrogen and oxygen atoms in total. The molecule has 1 aliphatic carbocycles. The smallest absolute Gasteiger partial charge is 0.242 e. The lowest BCUT2D eigenvalue weighted by atomic mass is 9.88. The predicted molar refractivity (Wildman–Crippen MR) is 82.4 cm³/mol. The second-order valence-corrected chi connectivity index (χ2v) is 7.82. The lowest BCUT2D eigenvalue weighted by molar-refractivity contribution is 0.270. The topological polar surface area (TPSA) is 71.3 Å². The van der Waals surface area contributed by atoms with Crippen LogP contribution in [0.15, 0.2) is 17.2 Å². The Bertz CT molecular complexity index is 565. The van der Waals surface area contributed by atoms with Gasteiger partial charge in [0.25, 0.3) is 0 Å². The van der Waals surface area contributed by atoms with E-state index < -0.39 is 10.0 Å². The molecule has 1 fully saturated rings. The van der Waals surface area contributed by atoms with Crippen LogP contribution in [0, 0.1) is 5.92 Å². The fourth-order valence-electron chi connectivity index (χ4n) is 3.08. The summed E-state index contributed by atoms with van der Waals surface area (Å²) in [6.07, 6.45) is 6.60. The summed E-state index contributed by atoms with van der Waals surface area (Å²) in [4.78, 5) is 0.262. The zero-order chi connectivity index (χ0) is 15.5. The number of hydrogen-bond donors (Lipinski definition) is 2. The minimum Gasteiger partial charge on any atom is -0.390 e. The first-order valence-electron chi connectivity index (χ1n) is 7.78. The highest BCUT2D eigenvalue weighted by Gasteiger charge is 2.25. The van der Waals surface area contributed by atoms with Crippen LogP contribution in [0.4, 0.5) is 0 Å². The Hall–Kier alpha value is -0.850. The van der Waals surface area contributed by atoms with Crippen LogP contribution in [0.5, 0.6) is 0 Å². The average molecular weight is 314 g/mol. The molecule has 21 heavy (non-hydrogen) atoms. The van der Waals surface area contributed by atoms with E-state index in [0.717, 1.165) is 25.7 Å². The van der Waals surface area contributed by atoms with E-state index in [-0.39, 0.29) is 17.5 Å². The van der Waals surface area contributed by atoms with Crippen LogP contribution in [0.1, 0.15) is 51.6 Å². The molecular formula is C15H26N2O3S. The molecule has 0 amide bonds. The van der Waals surface area contributed by atoms with Gasteiger partial charge in [0, 0.05) is 24.5 Å². The number of nitrogens with zero attached hydrogens (tertiary/aromatic N) is 1. The molecule has 0 bridgehead atoms. The quantitative estimate of drug-likeness (QED) is 0.846. The van der Waals surface area contributed by atoms with Crippen LogP contribution in [0.3, 0.4) is 0 Å². The van der Waals surface area contributed by atoms with E-state index in [0.29, 0.717) is 18.2 Å². The molecular weight excluding hydrogens is 288 g/mol. The third-order valence-corrected chi connectivity index (χ3v) is 5.64. The Labute approximate surface area is 127 Å². The Morgan fingerprint density at radius 1 is 1.43 bits per heavy atom. The van der Waals surface area contributed by atoms with Gasteiger partial charge in [-0.2, -0.15) is 0 Å². The molecule has 1 heterocycles. The van der Waals surface area contributed by atoms with Gasteiger partial charge in [0.05, 0.1) is 11.5 Å². The molecule has 0 saturated heterocycles. The highest BCUT2D eigenvalue weighted by atomic mass is 32.2. The van der Waals surface area contributed by atoms with Gasteiger partial charge < -0.3 is 9.67 Å². The van der Waals surface area contributed by atoms with Gasteiger partial charge in [0.2, 0.25) is 10.0 Å². The SMILES string of the molecule is CCCn1cc(S(=O)(=O)NC2CCCC(C)C2)cc1CO. The summed E-state index contributed by atoms with van der Waals surface area (Å²) in [6.45, 7) is 4.76. The van der Waals surface area contributed by atoms with E-state index in [4.69, 9.17) is 0 Å². The van der Waals surface area contributed by atoms with Crippen molar-refractivity contribution in [2.75, 3.05) is 0 Å². The van der Waals surface area contributed by atoms with Crippen LogP contribution in [-0.2, 0) is 23.2 Å². The third kappa shape index (κ3) is 4.08. The number of rotatable bonds is 6. The molecule has 0 aliphatic heterocycles. The maximum atomic E-state index is 12.5. The molecule has 0 spiro atoms. The van der Waals surface area contributed by atoms with Crippen molar-refractivity contribution in [3.8, 4) is 0 Å². The molecule has 2 unspecified atom stereocenters. The third-order valence-electron chi connectivity index (χ3n) is 4.16. The molecule has 2 atom stereocenters. The van der Waals surface area contributed by atoms with Crippen molar-refractivity contribution in [3.05, 3.63) is 18.0 Å². The van der Waals surface area contributed by atoms with E-state index in [1.165, 1.54) is 6.42 Å². The van der Waals surface area contributed by atoms with Gasteiger partial charge in [-0.1, -0.05) is 26.7 Å². The second-order valence-electron chi connectivity index (χ2n) is 6.11. The maximum Gasteiger partial charge on any atom is 0.242 e. The molecule has 120 valence electrons. The minimum atomic E-state index is -3.50. The Balaban J connectivity index is 2.15. The summed E-state index contributed by atoms with van der Waals surface area (Å²) >= 11 is 0. The fourth-order valence-corrected chi connectivity index (χ4v) is 4.43. The van der Waals surface area contributed by atoms with Crippen molar-refractivity contribution in [2.45, 2.75) is 70.0 Å². The number of aryl methyl sites for hydroxylation is 1. The van der Waals surface area contributed by atoms with E-state index in [9.17, 15) is 13.5 Å². The number of hydrogen-bond acceptors (Lipinski definition) is 3. The lowest BCUT2D eigenvalue weighted by Gasteiger charge is -2.27. The van der Waals surface area contributed by atoms with E-state index in [1.54, 1.807) is 12.3 Å². The van der Waals surface area contributed by atoms with Gasteiger partial charge in [-0.25, -0.2) is 13.1 Å². The van der Waals surface area contributed by atoms with Crippen molar-refractivity contribution in [1.29, 1.82) is 0 Å². The van der Waals surface area contributed by atoms with Crippen LogP contribution in [-0.4, -0.2) is 24.1 Å². The minimum absolute atomic E-state index is 0.0332. The van der Waals surface area contributed by atoms with Crippen LogP contribution >= 0.6 is 0 Å². The van der Waals surface area contributed by atoms with Gasteiger partial charge >= 0.3 is 0 Å². The first-order chi connectivity index (χ1) is 9.96. The number of aliphatic hydroxyl groups is 1. The fraction of sp³-hybridized carbons (Fsp3) is 0.733. The number of sulfonamides is 1. The molecule has 0 radical (unpaired) electrons. The molecule has 1 aliphatic rings. The van der Waals surface area contributed by atoms with E-state index in [1.807, 2.05) is 11.5 Å².